The molecule has 1 amide bonds. The number of benzene rings is 2. The third-order valence-corrected chi connectivity index (χ3v) is 5.71. The van der Waals surface area contributed by atoms with Crippen LogP contribution in [0.1, 0.15) is 38.0 Å². The van der Waals surface area contributed by atoms with Crippen LogP contribution in [-0.2, 0) is 6.42 Å². The van der Waals surface area contributed by atoms with Crippen LogP contribution in [0.5, 0.6) is 0 Å². The van der Waals surface area contributed by atoms with Gasteiger partial charge in [-0.2, -0.15) is 0 Å². The summed E-state index contributed by atoms with van der Waals surface area (Å²) in [7, 11) is 0. The highest BCUT2D eigenvalue weighted by Gasteiger charge is 2.33. The van der Waals surface area contributed by atoms with Gasteiger partial charge in [-0.25, -0.2) is 4.39 Å². The van der Waals surface area contributed by atoms with E-state index in [9.17, 15) is 9.18 Å². The minimum Gasteiger partial charge on any atom is -0.327 e. The van der Waals surface area contributed by atoms with Gasteiger partial charge < -0.3 is 4.90 Å². The Bertz CT molecular complexity index is 898. The van der Waals surface area contributed by atoms with Crippen LogP contribution in [0.15, 0.2) is 60.0 Å². The molecule has 1 aliphatic rings. The van der Waals surface area contributed by atoms with E-state index < -0.39 is 0 Å². The van der Waals surface area contributed by atoms with Crippen molar-refractivity contribution >= 4 is 17.2 Å². The number of carbonyl (C=O) groups excluding carboxylic acids is 1. The Morgan fingerprint density at radius 3 is 2.52 bits per heavy atom. The Labute approximate surface area is 150 Å². The Morgan fingerprint density at radius 2 is 1.80 bits per heavy atom. The quantitative estimate of drug-likeness (QED) is 0.637. The number of fused-ring (bicyclic) bond motifs is 1. The maximum atomic E-state index is 13.2. The topological polar surface area (TPSA) is 20.3 Å². The lowest BCUT2D eigenvalue weighted by atomic mass is 9.92. The van der Waals surface area contributed by atoms with E-state index in [2.05, 4.69) is 42.6 Å². The lowest BCUT2D eigenvalue weighted by Crippen LogP contribution is -2.40. The van der Waals surface area contributed by atoms with Crippen LogP contribution in [0.2, 0.25) is 0 Å². The van der Waals surface area contributed by atoms with Gasteiger partial charge in [0.1, 0.15) is 5.82 Å². The van der Waals surface area contributed by atoms with Crippen LogP contribution < -0.4 is 0 Å². The van der Waals surface area contributed by atoms with Crippen molar-refractivity contribution in [1.29, 1.82) is 0 Å². The van der Waals surface area contributed by atoms with E-state index in [1.807, 2.05) is 4.90 Å². The third-order valence-electron chi connectivity index (χ3n) is 4.71. The van der Waals surface area contributed by atoms with Gasteiger partial charge in [-0.15, -0.1) is 11.3 Å². The Morgan fingerprint density at radius 1 is 1.08 bits per heavy atom. The molecule has 3 aromatic rings. The zero-order valence-electron chi connectivity index (χ0n) is 13.9. The van der Waals surface area contributed by atoms with Gasteiger partial charge in [-0.05, 0) is 60.2 Å². The molecule has 4 rings (SSSR count). The van der Waals surface area contributed by atoms with Gasteiger partial charge >= 0.3 is 0 Å². The lowest BCUT2D eigenvalue weighted by Gasteiger charge is -2.36. The summed E-state index contributed by atoms with van der Waals surface area (Å²) in [4.78, 5) is 16.4. The van der Waals surface area contributed by atoms with Crippen LogP contribution >= 0.6 is 11.3 Å². The van der Waals surface area contributed by atoms with Crippen molar-refractivity contribution in [3.63, 3.8) is 0 Å². The maximum Gasteiger partial charge on any atom is 0.254 e. The molecule has 4 heteroatoms. The highest BCUT2D eigenvalue weighted by atomic mass is 32.1. The molecule has 0 radical (unpaired) electrons. The summed E-state index contributed by atoms with van der Waals surface area (Å²) in [5.74, 6) is -0.382. The van der Waals surface area contributed by atoms with Crippen molar-refractivity contribution in [3.05, 3.63) is 92.9 Å². The van der Waals surface area contributed by atoms with Gasteiger partial charge in [-0.1, -0.05) is 29.8 Å². The second kappa shape index (κ2) is 6.45. The molecule has 0 fully saturated rings. The molecule has 0 saturated carbocycles. The van der Waals surface area contributed by atoms with Crippen molar-refractivity contribution in [2.24, 2.45) is 0 Å². The van der Waals surface area contributed by atoms with Crippen molar-refractivity contribution in [3.8, 4) is 0 Å². The molecule has 126 valence electrons. The highest BCUT2D eigenvalue weighted by molar-refractivity contribution is 7.10. The molecular formula is C21H18FNOS. The first-order valence-electron chi connectivity index (χ1n) is 8.33. The molecule has 0 aliphatic carbocycles. The molecule has 2 nitrogen and oxygen atoms in total. The van der Waals surface area contributed by atoms with Gasteiger partial charge in [0.15, 0.2) is 0 Å². The molecule has 0 unspecified atom stereocenters. The van der Waals surface area contributed by atoms with E-state index in [0.29, 0.717) is 12.1 Å². The molecule has 1 atom stereocenters. The lowest BCUT2D eigenvalue weighted by molar-refractivity contribution is 0.0696. The predicted octanol–water partition coefficient (Wildman–Crippen LogP) is 4.98. The number of amides is 1. The fourth-order valence-corrected chi connectivity index (χ4v) is 4.31. The number of thiophene rings is 1. The second-order valence-corrected chi connectivity index (χ2v) is 7.37. The molecule has 25 heavy (non-hydrogen) atoms. The van der Waals surface area contributed by atoms with Crippen LogP contribution in [0.3, 0.4) is 0 Å². The first kappa shape index (κ1) is 16.0. The Balaban J connectivity index is 1.76. The monoisotopic (exact) mass is 351 g/mol. The van der Waals surface area contributed by atoms with E-state index in [-0.39, 0.29) is 17.8 Å². The Kier molecular flexibility index (Phi) is 4.14. The van der Waals surface area contributed by atoms with Crippen molar-refractivity contribution in [2.75, 3.05) is 6.54 Å². The number of hydrogen-bond acceptors (Lipinski definition) is 2. The van der Waals surface area contributed by atoms with Crippen molar-refractivity contribution < 1.29 is 9.18 Å². The fraction of sp³-hybridized carbons (Fsp3) is 0.190. The Hall–Kier alpha value is -2.46. The first-order chi connectivity index (χ1) is 12.1. The molecule has 1 aliphatic heterocycles. The summed E-state index contributed by atoms with van der Waals surface area (Å²) in [6.45, 7) is 2.73. The summed E-state index contributed by atoms with van der Waals surface area (Å²) < 4.78 is 13.2. The van der Waals surface area contributed by atoms with E-state index in [1.54, 1.807) is 23.5 Å². The van der Waals surface area contributed by atoms with Crippen LogP contribution in [0.4, 0.5) is 4.39 Å². The summed E-state index contributed by atoms with van der Waals surface area (Å²) in [6.07, 6.45) is 0.863. The molecule has 0 bridgehead atoms. The molecule has 1 aromatic heterocycles. The standard InChI is InChI=1S/C21H18FNOS/c1-14-2-4-15(5-3-14)20-18-11-13-25-19(18)10-12-23(20)21(24)16-6-8-17(22)9-7-16/h2-9,11,13,20H,10,12H2,1H3/t20-/m1/s1. The highest BCUT2D eigenvalue weighted by Crippen LogP contribution is 2.38. The zero-order valence-corrected chi connectivity index (χ0v) is 14.7. The van der Waals surface area contributed by atoms with Gasteiger partial charge in [0.25, 0.3) is 5.91 Å². The summed E-state index contributed by atoms with van der Waals surface area (Å²) in [6, 6.07) is 16.2. The average Bonchev–Trinajstić information content (AvgIpc) is 3.10. The molecule has 0 N–H and O–H groups in total. The van der Waals surface area contributed by atoms with Crippen molar-refractivity contribution in [1.82, 2.24) is 4.90 Å². The average molecular weight is 351 g/mol. The summed E-state index contributed by atoms with van der Waals surface area (Å²) in [5.41, 5.74) is 4.04. The molecule has 2 heterocycles. The van der Waals surface area contributed by atoms with Crippen molar-refractivity contribution in [2.45, 2.75) is 19.4 Å². The number of halogens is 1. The normalized spacial score (nSPS) is 16.6. The number of rotatable bonds is 2. The first-order valence-corrected chi connectivity index (χ1v) is 9.21. The predicted molar refractivity (Wildman–Crippen MR) is 98.5 cm³/mol. The third kappa shape index (κ3) is 2.98. The molecule has 0 saturated heterocycles. The van der Waals surface area contributed by atoms with Gasteiger partial charge in [0.2, 0.25) is 0 Å². The second-order valence-electron chi connectivity index (χ2n) is 6.37. The molecule has 2 aromatic carbocycles. The van der Waals surface area contributed by atoms with Crippen LogP contribution in [0, 0.1) is 12.7 Å². The van der Waals surface area contributed by atoms with E-state index in [4.69, 9.17) is 0 Å². The van der Waals surface area contributed by atoms with E-state index in [1.165, 1.54) is 28.1 Å². The minimum atomic E-state index is -0.328. The zero-order chi connectivity index (χ0) is 17.4. The number of aryl methyl sites for hydroxylation is 1. The van der Waals surface area contributed by atoms with E-state index >= 15 is 0 Å². The minimum absolute atomic E-state index is 0.0533. The van der Waals surface area contributed by atoms with Gasteiger partial charge in [0, 0.05) is 17.0 Å². The number of carbonyl (C=O) groups is 1. The fourth-order valence-electron chi connectivity index (χ4n) is 3.40. The summed E-state index contributed by atoms with van der Waals surface area (Å²) in [5, 5.41) is 2.09. The maximum absolute atomic E-state index is 13.2. The molecule has 0 spiro atoms. The van der Waals surface area contributed by atoms with Crippen LogP contribution in [0.25, 0.3) is 0 Å². The van der Waals surface area contributed by atoms with Crippen LogP contribution in [-0.4, -0.2) is 17.4 Å². The largest absolute Gasteiger partial charge is 0.327 e. The van der Waals surface area contributed by atoms with E-state index in [0.717, 1.165) is 12.0 Å². The smallest absolute Gasteiger partial charge is 0.254 e. The number of hydrogen-bond donors (Lipinski definition) is 0. The van der Waals surface area contributed by atoms with Gasteiger partial charge in [-0.3, -0.25) is 4.79 Å². The SMILES string of the molecule is Cc1ccc([C@@H]2c3ccsc3CCN2C(=O)c2ccc(F)cc2)cc1. The van der Waals surface area contributed by atoms with Gasteiger partial charge in [0.05, 0.1) is 6.04 Å². The molecular weight excluding hydrogens is 333 g/mol. The summed E-state index contributed by atoms with van der Waals surface area (Å²) >= 11 is 1.75. The number of nitrogens with zero attached hydrogens (tertiary/aromatic N) is 1.